The molecule has 316 valence electrons. The van der Waals surface area contributed by atoms with Crippen molar-refractivity contribution in [3.63, 3.8) is 0 Å². The fourth-order valence-electron chi connectivity index (χ4n) is 11.0. The number of benzene rings is 4. The summed E-state index contributed by atoms with van der Waals surface area (Å²) < 4.78 is 11.3. The van der Waals surface area contributed by atoms with Gasteiger partial charge in [0.05, 0.1) is 22.6 Å². The van der Waals surface area contributed by atoms with E-state index < -0.39 is 0 Å². The van der Waals surface area contributed by atoms with Gasteiger partial charge in [0.25, 0.3) is 0 Å². The van der Waals surface area contributed by atoms with Gasteiger partial charge in [-0.15, -0.1) is 23.3 Å². The Balaban J connectivity index is 0.000000156. The molecule has 2 heterocycles. The van der Waals surface area contributed by atoms with E-state index in [0.29, 0.717) is 0 Å². The first-order valence-electron chi connectivity index (χ1n) is 22.6. The van der Waals surface area contributed by atoms with E-state index in [1.54, 1.807) is 128 Å². The number of hydrogen-bond acceptors (Lipinski definition) is 2. The van der Waals surface area contributed by atoms with Gasteiger partial charge in [-0.1, -0.05) is 86.3 Å². The maximum Gasteiger partial charge on any atom is 1.00 e. The quantitative estimate of drug-likeness (QED) is 0.0719. The molecule has 0 radical (unpaired) electrons. The summed E-state index contributed by atoms with van der Waals surface area (Å²) in [6.07, 6.45) is 46.2. The molecule has 0 bridgehead atoms. The van der Waals surface area contributed by atoms with E-state index in [1.807, 2.05) is 90.8 Å². The molecule has 10 rings (SSSR count). The molecule has 59 heavy (non-hydrogen) atoms. The molecular weight excluding hydrogens is 1120 g/mol. The zero-order chi connectivity index (χ0) is 38.8. The molecule has 0 N–H and O–H groups in total. The van der Waals surface area contributed by atoms with Crippen molar-refractivity contribution in [2.24, 2.45) is 0 Å². The molecule has 2 aromatic heterocycles. The van der Waals surface area contributed by atoms with Crippen LogP contribution in [0, 0.1) is 24.7 Å². The standard InChI is InChI=1S/C25H46P2.2C14H7O.2Au/c1-5-13-22(14-6-1)26(23-15-7-2-8-16-23)21-27(24-17-9-3-10-18-24)25-19-11-4-12-20-25;2*1-2-10-7-8-12-11-5-3-4-6-13(11)15-14(12)9-10;;/h22-25H,1-21H2;2*3-9H;;/q;2*-1;2*+1/p+2. The Morgan fingerprint density at radius 2 is 0.712 bits per heavy atom. The molecular formula is C53H62Au2O2P2+2. The van der Waals surface area contributed by atoms with Gasteiger partial charge in [0.2, 0.25) is 0 Å². The Hall–Kier alpha value is -2.06. The summed E-state index contributed by atoms with van der Waals surface area (Å²) in [5, 5.41) is 4.40. The molecule has 6 heteroatoms. The predicted octanol–water partition coefficient (Wildman–Crippen LogP) is 15.7. The largest absolute Gasteiger partial charge is 1.00 e. The molecule has 4 aliphatic carbocycles. The monoisotopic (exact) mass is 1190 g/mol. The number of para-hydroxylation sites is 2. The number of fused-ring (bicyclic) bond motifs is 6. The first-order valence-corrected chi connectivity index (χ1v) is 26.3. The van der Waals surface area contributed by atoms with Crippen LogP contribution < -0.4 is 0 Å². The van der Waals surface area contributed by atoms with Crippen LogP contribution >= 0.6 is 15.8 Å². The van der Waals surface area contributed by atoms with Crippen LogP contribution in [0.4, 0.5) is 0 Å². The van der Waals surface area contributed by atoms with Gasteiger partial charge in [-0.25, -0.2) is 0 Å². The number of hydrogen-bond donors (Lipinski definition) is 0. The van der Waals surface area contributed by atoms with Gasteiger partial charge < -0.3 is 21.7 Å². The summed E-state index contributed by atoms with van der Waals surface area (Å²) >= 11 is 0. The van der Waals surface area contributed by atoms with E-state index in [-0.39, 0.29) is 60.6 Å². The van der Waals surface area contributed by atoms with Crippen molar-refractivity contribution in [3.05, 3.63) is 109 Å². The summed E-state index contributed by atoms with van der Waals surface area (Å²) in [7, 11) is -0.192. The Kier molecular flexibility index (Phi) is 18.4. The Labute approximate surface area is 388 Å². The molecule has 0 spiro atoms. The minimum Gasteiger partial charge on any atom is -0.458 e. The predicted molar refractivity (Wildman–Crippen MR) is 249 cm³/mol. The number of rotatable bonds is 6. The summed E-state index contributed by atoms with van der Waals surface area (Å²) in [6, 6.07) is 27.2. The van der Waals surface area contributed by atoms with Gasteiger partial charge >= 0.3 is 44.8 Å². The van der Waals surface area contributed by atoms with Gasteiger partial charge in [-0.05, 0) is 115 Å². The van der Waals surface area contributed by atoms with Crippen LogP contribution in [0.3, 0.4) is 0 Å². The minimum atomic E-state index is -0.0959. The fourth-order valence-corrected chi connectivity index (χ4v) is 23.4. The van der Waals surface area contributed by atoms with Gasteiger partial charge in [-0.2, -0.15) is 0 Å². The Morgan fingerprint density at radius 3 is 1.03 bits per heavy atom. The van der Waals surface area contributed by atoms with Crippen LogP contribution in [-0.4, -0.2) is 28.5 Å². The summed E-state index contributed by atoms with van der Waals surface area (Å²) in [4.78, 5) is 0. The van der Waals surface area contributed by atoms with Gasteiger partial charge in [0, 0.05) is 37.4 Å². The van der Waals surface area contributed by atoms with Gasteiger partial charge in [0.1, 0.15) is 22.3 Å². The van der Waals surface area contributed by atoms with Crippen LogP contribution in [0.2, 0.25) is 0 Å². The van der Waals surface area contributed by atoms with Crippen LogP contribution in [0.1, 0.15) is 140 Å². The first kappa shape index (κ1) is 46.4. The molecule has 4 aliphatic rings. The third-order valence-electron chi connectivity index (χ3n) is 14.0. The Morgan fingerprint density at radius 1 is 0.407 bits per heavy atom. The molecule has 4 aromatic carbocycles. The van der Waals surface area contributed by atoms with Crippen molar-refractivity contribution in [1.82, 2.24) is 0 Å². The normalized spacial score (nSPS) is 18.3. The van der Waals surface area contributed by atoms with Crippen LogP contribution in [0.15, 0.2) is 93.8 Å². The molecule has 0 aliphatic heterocycles. The maximum atomic E-state index is 7.06. The average Bonchev–Trinajstić information content (AvgIpc) is 3.86. The van der Waals surface area contributed by atoms with E-state index in [0.717, 1.165) is 55.0 Å². The van der Waals surface area contributed by atoms with Gasteiger partial charge in [-0.3, -0.25) is 11.8 Å². The third kappa shape index (κ3) is 11.7. The van der Waals surface area contributed by atoms with Crippen molar-refractivity contribution in [3.8, 4) is 11.8 Å². The van der Waals surface area contributed by atoms with Crippen molar-refractivity contribution >= 4 is 59.7 Å². The zero-order valence-electron chi connectivity index (χ0n) is 34.7. The van der Waals surface area contributed by atoms with E-state index >= 15 is 0 Å². The number of furan rings is 2. The smallest absolute Gasteiger partial charge is 0.458 e. The summed E-state index contributed by atoms with van der Waals surface area (Å²) in [5.41, 5.74) is 9.81. The molecule has 4 fully saturated rings. The van der Waals surface area contributed by atoms with Crippen LogP contribution in [0.25, 0.3) is 43.9 Å². The molecule has 6 aromatic rings. The van der Waals surface area contributed by atoms with E-state index in [4.69, 9.17) is 21.7 Å². The summed E-state index contributed by atoms with van der Waals surface area (Å²) in [6.45, 7) is 0. The van der Waals surface area contributed by atoms with E-state index in [9.17, 15) is 0 Å². The molecule has 2 nitrogen and oxygen atoms in total. The van der Waals surface area contributed by atoms with Crippen LogP contribution in [0.5, 0.6) is 0 Å². The van der Waals surface area contributed by atoms with Crippen molar-refractivity contribution in [2.45, 2.75) is 151 Å². The Bertz CT molecular complexity index is 2090. The van der Waals surface area contributed by atoms with E-state index in [1.165, 1.54) is 22.6 Å². The van der Waals surface area contributed by atoms with Crippen LogP contribution in [-0.2, 0) is 44.8 Å². The zero-order valence-corrected chi connectivity index (χ0v) is 41.0. The molecule has 0 amide bonds. The second-order valence-electron chi connectivity index (χ2n) is 17.5. The van der Waals surface area contributed by atoms with Crippen molar-refractivity contribution in [1.29, 1.82) is 0 Å². The SMILES string of the molecule is C1CCC([PH+](C[PH+](C2CCCCC2)C2CCCCC2)C2CCCCC2)CC1.[Au+].[Au+].[C-]#Cc1ccc2c(c1)oc1ccccc12.[C-]#Cc1ccc2c(c1)oc1ccccc12. The molecule has 0 unspecified atom stereocenters. The first-order chi connectivity index (χ1) is 28.2. The van der Waals surface area contributed by atoms with Crippen molar-refractivity contribution < 1.29 is 53.6 Å². The molecule has 0 atom stereocenters. The molecule has 0 saturated heterocycles. The van der Waals surface area contributed by atoms with Crippen molar-refractivity contribution in [2.75, 3.05) is 5.90 Å². The van der Waals surface area contributed by atoms with E-state index in [2.05, 4.69) is 11.8 Å². The second-order valence-corrected chi connectivity index (χ2v) is 24.5. The molecule has 4 saturated carbocycles. The minimum absolute atomic E-state index is 0. The second kappa shape index (κ2) is 23.4. The third-order valence-corrected chi connectivity index (χ3v) is 23.7. The summed E-state index contributed by atoms with van der Waals surface area (Å²) in [5.74, 6) is 6.57. The fraction of sp³-hybridized carbons (Fsp3) is 0.472. The topological polar surface area (TPSA) is 26.3 Å². The van der Waals surface area contributed by atoms with Gasteiger partial charge in [0.15, 0.2) is 5.90 Å². The maximum absolute atomic E-state index is 7.06. The average molecular weight is 1190 g/mol.